The van der Waals surface area contributed by atoms with Gasteiger partial charge in [-0.25, -0.2) is 8.42 Å². The number of sulfonamides is 1. The van der Waals surface area contributed by atoms with E-state index in [-0.39, 0.29) is 25.0 Å². The molecule has 0 aliphatic heterocycles. The van der Waals surface area contributed by atoms with Crippen molar-refractivity contribution < 1.29 is 22.7 Å². The fourth-order valence-corrected chi connectivity index (χ4v) is 4.48. The molecule has 26 heavy (non-hydrogen) atoms. The summed E-state index contributed by atoms with van der Waals surface area (Å²) in [5.41, 5.74) is 0.407. The van der Waals surface area contributed by atoms with Crippen LogP contribution in [0.1, 0.15) is 42.5 Å². The van der Waals surface area contributed by atoms with Crippen molar-refractivity contribution in [2.24, 2.45) is 0 Å². The normalized spacial score (nSPS) is 15.7. The summed E-state index contributed by atoms with van der Waals surface area (Å²) in [6.45, 7) is 0.526. The van der Waals surface area contributed by atoms with Crippen molar-refractivity contribution in [1.29, 1.82) is 0 Å². The predicted octanol–water partition coefficient (Wildman–Crippen LogP) is 2.03. The summed E-state index contributed by atoms with van der Waals surface area (Å²) < 4.78 is 36.1. The molecule has 0 aromatic heterocycles. The van der Waals surface area contributed by atoms with Gasteiger partial charge in [-0.15, -0.1) is 0 Å². The van der Waals surface area contributed by atoms with Crippen LogP contribution in [0.3, 0.4) is 0 Å². The highest BCUT2D eigenvalue weighted by atomic mass is 32.2. The van der Waals surface area contributed by atoms with Crippen LogP contribution in [-0.2, 0) is 10.0 Å². The zero-order valence-corrected chi connectivity index (χ0v) is 16.5. The van der Waals surface area contributed by atoms with E-state index >= 15 is 0 Å². The number of hydrogen-bond donors (Lipinski definition) is 1. The maximum absolute atomic E-state index is 12.4. The summed E-state index contributed by atoms with van der Waals surface area (Å²) >= 11 is 0. The molecule has 146 valence electrons. The molecule has 0 radical (unpaired) electrons. The number of carbonyl (C=O) groups is 1. The molecule has 7 nitrogen and oxygen atoms in total. The molecule has 1 N–H and O–H groups in total. The number of nitrogens with one attached hydrogen (secondary N) is 1. The van der Waals surface area contributed by atoms with Gasteiger partial charge < -0.3 is 14.8 Å². The van der Waals surface area contributed by atoms with Crippen molar-refractivity contribution >= 4 is 15.9 Å². The Labute approximate surface area is 155 Å². The molecule has 1 saturated carbocycles. The minimum Gasteiger partial charge on any atom is -0.497 e. The molecular formula is C18H28N2O5S. The molecular weight excluding hydrogens is 356 g/mol. The summed E-state index contributed by atoms with van der Waals surface area (Å²) in [6.07, 6.45) is 6.25. The lowest BCUT2D eigenvalue weighted by atomic mass is 9.95. The molecule has 0 saturated heterocycles. The van der Waals surface area contributed by atoms with Gasteiger partial charge in [0.2, 0.25) is 10.0 Å². The van der Waals surface area contributed by atoms with E-state index in [9.17, 15) is 13.2 Å². The van der Waals surface area contributed by atoms with Crippen LogP contribution < -0.4 is 14.8 Å². The van der Waals surface area contributed by atoms with Gasteiger partial charge in [-0.05, 0) is 25.0 Å². The second kappa shape index (κ2) is 9.23. The third kappa shape index (κ3) is 5.60. The Morgan fingerprint density at radius 2 is 1.69 bits per heavy atom. The highest BCUT2D eigenvalue weighted by molar-refractivity contribution is 7.88. The van der Waals surface area contributed by atoms with Gasteiger partial charge in [0.1, 0.15) is 11.5 Å². The Morgan fingerprint density at radius 1 is 1.12 bits per heavy atom. The quantitative estimate of drug-likeness (QED) is 0.741. The Kier molecular flexibility index (Phi) is 7.28. The van der Waals surface area contributed by atoms with Gasteiger partial charge in [-0.1, -0.05) is 19.3 Å². The Balaban J connectivity index is 1.99. The van der Waals surface area contributed by atoms with Gasteiger partial charge in [0.25, 0.3) is 5.91 Å². The van der Waals surface area contributed by atoms with Gasteiger partial charge in [-0.2, -0.15) is 4.31 Å². The molecule has 8 heteroatoms. The molecule has 1 aromatic rings. The summed E-state index contributed by atoms with van der Waals surface area (Å²) in [5, 5.41) is 2.79. The molecule has 1 aliphatic carbocycles. The summed E-state index contributed by atoms with van der Waals surface area (Å²) in [5.74, 6) is 0.753. The van der Waals surface area contributed by atoms with E-state index in [0.717, 1.165) is 32.1 Å². The van der Waals surface area contributed by atoms with Crippen molar-refractivity contribution in [2.75, 3.05) is 33.6 Å². The fourth-order valence-electron chi connectivity index (χ4n) is 3.31. The van der Waals surface area contributed by atoms with Gasteiger partial charge >= 0.3 is 0 Å². The minimum absolute atomic E-state index is 0.0348. The molecule has 1 aliphatic rings. The van der Waals surface area contributed by atoms with Crippen molar-refractivity contribution in [1.82, 2.24) is 9.62 Å². The van der Waals surface area contributed by atoms with Gasteiger partial charge in [0.15, 0.2) is 0 Å². The minimum atomic E-state index is -3.31. The monoisotopic (exact) mass is 384 g/mol. The number of nitrogens with zero attached hydrogens (tertiary/aromatic N) is 1. The second-order valence-corrected chi connectivity index (χ2v) is 8.46. The van der Waals surface area contributed by atoms with Crippen molar-refractivity contribution in [3.05, 3.63) is 23.8 Å². The predicted molar refractivity (Wildman–Crippen MR) is 100 cm³/mol. The highest BCUT2D eigenvalue weighted by Crippen LogP contribution is 2.24. The van der Waals surface area contributed by atoms with E-state index in [0.29, 0.717) is 17.1 Å². The van der Waals surface area contributed by atoms with Crippen LogP contribution in [0.5, 0.6) is 11.5 Å². The first-order chi connectivity index (χ1) is 12.3. The number of amides is 1. The van der Waals surface area contributed by atoms with Crippen molar-refractivity contribution in [3.63, 3.8) is 0 Å². The summed E-state index contributed by atoms with van der Waals surface area (Å²) in [7, 11) is -0.269. The maximum Gasteiger partial charge on any atom is 0.251 e. The lowest BCUT2D eigenvalue weighted by molar-refractivity contribution is 0.0948. The van der Waals surface area contributed by atoms with Crippen LogP contribution in [-0.4, -0.2) is 58.2 Å². The lowest BCUT2D eigenvalue weighted by Crippen LogP contribution is -2.45. The van der Waals surface area contributed by atoms with Gasteiger partial charge in [-0.3, -0.25) is 4.79 Å². The Hall–Kier alpha value is -1.80. The smallest absolute Gasteiger partial charge is 0.251 e. The first kappa shape index (κ1) is 20.5. The number of methoxy groups -OCH3 is 2. The number of benzene rings is 1. The van der Waals surface area contributed by atoms with Crippen LogP contribution in [0.4, 0.5) is 0 Å². The standard InChI is InChI=1S/C18H28N2O5S/c1-24-16-11-14(12-17(13-16)25-2)18(21)19-9-10-20(26(3,22)23)15-7-5-4-6-8-15/h11-13,15H,4-10H2,1-3H3,(H,19,21). The number of hydrogen-bond acceptors (Lipinski definition) is 5. The molecule has 2 rings (SSSR count). The molecule has 0 heterocycles. The van der Waals surface area contributed by atoms with Crippen molar-refractivity contribution in [3.8, 4) is 11.5 Å². The van der Waals surface area contributed by atoms with Crippen molar-refractivity contribution in [2.45, 2.75) is 38.1 Å². The first-order valence-electron chi connectivity index (χ1n) is 8.83. The van der Waals surface area contributed by atoms with E-state index < -0.39 is 10.0 Å². The van der Waals surface area contributed by atoms with Crippen LogP contribution in [0.15, 0.2) is 18.2 Å². The topological polar surface area (TPSA) is 84.9 Å². The highest BCUT2D eigenvalue weighted by Gasteiger charge is 2.27. The summed E-state index contributed by atoms with van der Waals surface area (Å²) in [4.78, 5) is 12.4. The maximum atomic E-state index is 12.4. The molecule has 0 spiro atoms. The van der Waals surface area contributed by atoms with E-state index in [1.807, 2.05) is 0 Å². The Morgan fingerprint density at radius 3 is 2.19 bits per heavy atom. The molecule has 1 amide bonds. The molecule has 0 unspecified atom stereocenters. The number of ether oxygens (including phenoxy) is 2. The Bertz CT molecular complexity index is 692. The lowest BCUT2D eigenvalue weighted by Gasteiger charge is -2.32. The third-order valence-corrected chi connectivity index (χ3v) is 5.97. The largest absolute Gasteiger partial charge is 0.497 e. The van der Waals surface area contributed by atoms with Crippen LogP contribution in [0.25, 0.3) is 0 Å². The third-order valence-electron chi connectivity index (χ3n) is 4.64. The van der Waals surface area contributed by atoms with Crippen LogP contribution >= 0.6 is 0 Å². The average molecular weight is 384 g/mol. The zero-order valence-electron chi connectivity index (χ0n) is 15.7. The van der Waals surface area contributed by atoms with E-state index in [1.54, 1.807) is 18.2 Å². The van der Waals surface area contributed by atoms with E-state index in [1.165, 1.54) is 24.8 Å². The van der Waals surface area contributed by atoms with Gasteiger partial charge in [0, 0.05) is 30.8 Å². The van der Waals surface area contributed by atoms with Gasteiger partial charge in [0.05, 0.1) is 20.5 Å². The number of rotatable bonds is 8. The fraction of sp³-hybridized carbons (Fsp3) is 0.611. The first-order valence-corrected chi connectivity index (χ1v) is 10.7. The molecule has 1 aromatic carbocycles. The van der Waals surface area contributed by atoms with E-state index in [4.69, 9.17) is 9.47 Å². The van der Waals surface area contributed by atoms with Crippen LogP contribution in [0.2, 0.25) is 0 Å². The second-order valence-electron chi connectivity index (χ2n) is 6.52. The number of carbonyl (C=O) groups excluding carboxylic acids is 1. The molecule has 0 atom stereocenters. The zero-order chi connectivity index (χ0) is 19.2. The average Bonchev–Trinajstić information content (AvgIpc) is 2.64. The van der Waals surface area contributed by atoms with E-state index in [2.05, 4.69) is 5.32 Å². The molecule has 1 fully saturated rings. The molecule has 0 bridgehead atoms. The summed E-state index contributed by atoms with van der Waals surface area (Å²) in [6, 6.07) is 4.96. The van der Waals surface area contributed by atoms with Crippen LogP contribution in [0, 0.1) is 0 Å². The SMILES string of the molecule is COc1cc(OC)cc(C(=O)NCCN(C2CCCCC2)S(C)(=O)=O)c1.